The van der Waals surface area contributed by atoms with Crippen LogP contribution in [0.5, 0.6) is 0 Å². The summed E-state index contributed by atoms with van der Waals surface area (Å²) >= 11 is 5.98. The zero-order valence-electron chi connectivity index (χ0n) is 11.5. The van der Waals surface area contributed by atoms with Gasteiger partial charge in [0.15, 0.2) is 5.76 Å². The van der Waals surface area contributed by atoms with Crippen molar-refractivity contribution in [2.45, 2.75) is 32.6 Å². The van der Waals surface area contributed by atoms with E-state index in [4.69, 9.17) is 16.0 Å². The zero-order chi connectivity index (χ0) is 14.1. The zero-order valence-corrected chi connectivity index (χ0v) is 12.3. The van der Waals surface area contributed by atoms with Gasteiger partial charge in [0.1, 0.15) is 5.58 Å². The number of halogens is 1. The molecule has 0 unspecified atom stereocenters. The molecule has 4 heteroatoms. The molecule has 0 radical (unpaired) electrons. The van der Waals surface area contributed by atoms with Crippen molar-refractivity contribution in [3.8, 4) is 0 Å². The highest BCUT2D eigenvalue weighted by Crippen LogP contribution is 2.28. The van der Waals surface area contributed by atoms with Gasteiger partial charge in [-0.25, -0.2) is 0 Å². The Bertz CT molecular complexity index is 641. The molecule has 0 aliphatic heterocycles. The van der Waals surface area contributed by atoms with Crippen molar-refractivity contribution in [3.05, 3.63) is 34.5 Å². The molecule has 1 aromatic carbocycles. The van der Waals surface area contributed by atoms with Gasteiger partial charge >= 0.3 is 0 Å². The van der Waals surface area contributed by atoms with Crippen LogP contribution in [0.25, 0.3) is 11.0 Å². The van der Waals surface area contributed by atoms with Crippen LogP contribution in [0.4, 0.5) is 0 Å². The lowest BCUT2D eigenvalue weighted by Crippen LogP contribution is -2.28. The molecule has 0 bridgehead atoms. The summed E-state index contributed by atoms with van der Waals surface area (Å²) in [6.07, 6.45) is 5.00. The van der Waals surface area contributed by atoms with Gasteiger partial charge in [-0.15, -0.1) is 0 Å². The highest BCUT2D eigenvalue weighted by Gasteiger charge is 2.20. The van der Waals surface area contributed by atoms with Crippen molar-refractivity contribution >= 4 is 28.5 Å². The van der Waals surface area contributed by atoms with Crippen LogP contribution in [-0.4, -0.2) is 12.5 Å². The van der Waals surface area contributed by atoms with E-state index in [2.05, 4.69) is 5.32 Å². The number of rotatable bonds is 3. The topological polar surface area (TPSA) is 42.2 Å². The average Bonchev–Trinajstić information content (AvgIpc) is 3.05. The Morgan fingerprint density at radius 3 is 2.90 bits per heavy atom. The fourth-order valence-corrected chi connectivity index (χ4v) is 3.11. The molecule has 1 aliphatic carbocycles. The van der Waals surface area contributed by atoms with Crippen LogP contribution >= 0.6 is 11.6 Å². The third kappa shape index (κ3) is 2.55. The summed E-state index contributed by atoms with van der Waals surface area (Å²) in [7, 11) is 0. The molecule has 0 saturated heterocycles. The fourth-order valence-electron chi connectivity index (χ4n) is 2.94. The van der Waals surface area contributed by atoms with Crippen LogP contribution in [0, 0.1) is 12.8 Å². The summed E-state index contributed by atoms with van der Waals surface area (Å²) in [5.41, 5.74) is 1.56. The van der Waals surface area contributed by atoms with E-state index >= 15 is 0 Å². The lowest BCUT2D eigenvalue weighted by molar-refractivity contribution is 0.0921. The molecule has 20 heavy (non-hydrogen) atoms. The molecule has 3 nitrogen and oxygen atoms in total. The molecule has 1 amide bonds. The van der Waals surface area contributed by atoms with E-state index in [0.717, 1.165) is 17.5 Å². The van der Waals surface area contributed by atoms with Gasteiger partial charge in [-0.2, -0.15) is 0 Å². The predicted octanol–water partition coefficient (Wildman–Crippen LogP) is 4.31. The van der Waals surface area contributed by atoms with Gasteiger partial charge in [-0.1, -0.05) is 24.4 Å². The van der Waals surface area contributed by atoms with Crippen LogP contribution in [0.2, 0.25) is 5.02 Å². The summed E-state index contributed by atoms with van der Waals surface area (Å²) in [5, 5.41) is 4.55. The minimum absolute atomic E-state index is 0.123. The number of benzene rings is 1. The molecule has 106 valence electrons. The van der Waals surface area contributed by atoms with E-state index in [1.165, 1.54) is 25.7 Å². The second-order valence-electron chi connectivity index (χ2n) is 5.56. The summed E-state index contributed by atoms with van der Waals surface area (Å²) in [6, 6.07) is 5.41. The second-order valence-corrected chi connectivity index (χ2v) is 5.99. The van der Waals surface area contributed by atoms with Gasteiger partial charge in [0.05, 0.1) is 0 Å². The first kappa shape index (κ1) is 13.5. The van der Waals surface area contributed by atoms with Gasteiger partial charge in [-0.05, 0) is 43.9 Å². The Morgan fingerprint density at radius 1 is 1.40 bits per heavy atom. The summed E-state index contributed by atoms with van der Waals surface area (Å²) in [5.74, 6) is 0.903. The Labute approximate surface area is 123 Å². The number of carbonyl (C=O) groups excluding carboxylic acids is 1. The van der Waals surface area contributed by atoms with E-state index in [-0.39, 0.29) is 5.91 Å². The normalized spacial score (nSPS) is 15.9. The largest absolute Gasteiger partial charge is 0.451 e. The van der Waals surface area contributed by atoms with Gasteiger partial charge in [-0.3, -0.25) is 4.79 Å². The monoisotopic (exact) mass is 291 g/mol. The number of furan rings is 1. The fraction of sp³-hybridized carbons (Fsp3) is 0.438. The number of hydrogen-bond donors (Lipinski definition) is 1. The first-order chi connectivity index (χ1) is 9.65. The SMILES string of the molecule is Cc1c(C(=O)NCC2CCCC2)oc2ccc(Cl)cc12. The Morgan fingerprint density at radius 2 is 2.15 bits per heavy atom. The molecule has 1 aliphatic rings. The van der Waals surface area contributed by atoms with Crippen LogP contribution in [-0.2, 0) is 0 Å². The molecule has 1 aromatic heterocycles. The van der Waals surface area contributed by atoms with Crippen molar-refractivity contribution < 1.29 is 9.21 Å². The quantitative estimate of drug-likeness (QED) is 0.915. The van der Waals surface area contributed by atoms with Crippen molar-refractivity contribution in [2.24, 2.45) is 5.92 Å². The Balaban J connectivity index is 1.78. The van der Waals surface area contributed by atoms with Gasteiger partial charge < -0.3 is 9.73 Å². The van der Waals surface area contributed by atoms with Gasteiger partial charge in [0.25, 0.3) is 5.91 Å². The molecule has 1 saturated carbocycles. The van der Waals surface area contributed by atoms with Crippen LogP contribution in [0.15, 0.2) is 22.6 Å². The van der Waals surface area contributed by atoms with E-state index in [1.54, 1.807) is 12.1 Å². The maximum atomic E-state index is 12.2. The van der Waals surface area contributed by atoms with Crippen LogP contribution < -0.4 is 5.32 Å². The number of hydrogen-bond acceptors (Lipinski definition) is 2. The average molecular weight is 292 g/mol. The third-order valence-corrected chi connectivity index (χ3v) is 4.37. The van der Waals surface area contributed by atoms with Crippen molar-refractivity contribution in [2.75, 3.05) is 6.54 Å². The first-order valence-corrected chi connectivity index (χ1v) is 7.50. The van der Waals surface area contributed by atoms with E-state index in [9.17, 15) is 4.79 Å². The number of amides is 1. The minimum atomic E-state index is -0.123. The van der Waals surface area contributed by atoms with Crippen LogP contribution in [0.1, 0.15) is 41.8 Å². The maximum Gasteiger partial charge on any atom is 0.287 e. The molecular weight excluding hydrogens is 274 g/mol. The highest BCUT2D eigenvalue weighted by molar-refractivity contribution is 6.31. The van der Waals surface area contributed by atoms with E-state index in [0.29, 0.717) is 22.3 Å². The number of aryl methyl sites for hydroxylation is 1. The summed E-state index contributed by atoms with van der Waals surface area (Å²) < 4.78 is 5.66. The van der Waals surface area contributed by atoms with Crippen LogP contribution in [0.3, 0.4) is 0 Å². The van der Waals surface area contributed by atoms with E-state index < -0.39 is 0 Å². The lowest BCUT2D eigenvalue weighted by atomic mass is 10.1. The first-order valence-electron chi connectivity index (χ1n) is 7.12. The number of fused-ring (bicyclic) bond motifs is 1. The number of nitrogens with one attached hydrogen (secondary N) is 1. The highest BCUT2D eigenvalue weighted by atomic mass is 35.5. The molecular formula is C16H18ClNO2. The van der Waals surface area contributed by atoms with Crippen molar-refractivity contribution in [1.29, 1.82) is 0 Å². The summed E-state index contributed by atoms with van der Waals surface area (Å²) in [4.78, 5) is 12.2. The van der Waals surface area contributed by atoms with E-state index in [1.807, 2.05) is 13.0 Å². The smallest absolute Gasteiger partial charge is 0.287 e. The minimum Gasteiger partial charge on any atom is -0.451 e. The molecule has 1 N–H and O–H groups in total. The molecule has 3 rings (SSSR count). The second kappa shape index (κ2) is 5.49. The number of carbonyl (C=O) groups is 1. The Hall–Kier alpha value is -1.48. The van der Waals surface area contributed by atoms with Crippen molar-refractivity contribution in [3.63, 3.8) is 0 Å². The van der Waals surface area contributed by atoms with Gasteiger partial charge in [0.2, 0.25) is 0 Å². The lowest BCUT2D eigenvalue weighted by Gasteiger charge is -2.09. The molecule has 0 spiro atoms. The molecule has 0 atom stereocenters. The maximum absolute atomic E-state index is 12.2. The third-order valence-electron chi connectivity index (χ3n) is 4.13. The predicted molar refractivity (Wildman–Crippen MR) is 80.3 cm³/mol. The summed E-state index contributed by atoms with van der Waals surface area (Å²) in [6.45, 7) is 2.64. The molecule has 1 heterocycles. The molecule has 2 aromatic rings. The Kier molecular flexibility index (Phi) is 3.70. The molecule has 1 fully saturated rings. The standard InChI is InChI=1S/C16H18ClNO2/c1-10-13-8-12(17)6-7-14(13)20-15(10)16(19)18-9-11-4-2-3-5-11/h6-8,11H,2-5,9H2,1H3,(H,18,19). The van der Waals surface area contributed by atoms with Crippen molar-refractivity contribution in [1.82, 2.24) is 5.32 Å². The van der Waals surface area contributed by atoms with Gasteiger partial charge in [0, 0.05) is 22.5 Å².